The van der Waals surface area contributed by atoms with Gasteiger partial charge in [0.1, 0.15) is 11.2 Å². The molecule has 1 heteroatoms. The van der Waals surface area contributed by atoms with E-state index in [9.17, 15) is 5.48 Å². The average Bonchev–Trinajstić information content (AvgIpc) is 3.71. The molecule has 0 radical (unpaired) electrons. The lowest BCUT2D eigenvalue weighted by atomic mass is 9.83. The Morgan fingerprint density at radius 3 is 1.49 bits per heavy atom. The van der Waals surface area contributed by atoms with Crippen LogP contribution in [-0.4, -0.2) is 0 Å². The third-order valence-corrected chi connectivity index (χ3v) is 10.7. The van der Waals surface area contributed by atoms with E-state index < -0.39 is 24.2 Å². The summed E-state index contributed by atoms with van der Waals surface area (Å²) in [7, 11) is 0. The van der Waals surface area contributed by atoms with Crippen LogP contribution in [0.4, 0.5) is 0 Å². The smallest absolute Gasteiger partial charge is 0.136 e. The Morgan fingerprint density at radius 2 is 0.818 bits per heavy atom. The van der Waals surface area contributed by atoms with E-state index in [0.29, 0.717) is 27.8 Å². The van der Waals surface area contributed by atoms with Gasteiger partial charge in [0.15, 0.2) is 0 Å². The van der Waals surface area contributed by atoms with E-state index in [-0.39, 0.29) is 45.7 Å². The van der Waals surface area contributed by atoms with Gasteiger partial charge in [-0.3, -0.25) is 0 Å². The predicted octanol–water partition coefficient (Wildman–Crippen LogP) is 15.4. The number of rotatable bonds is 5. The highest BCUT2D eigenvalue weighted by atomic mass is 16.3. The van der Waals surface area contributed by atoms with Gasteiger partial charge in [-0.1, -0.05) is 182 Å². The van der Waals surface area contributed by atoms with Crippen LogP contribution in [0.5, 0.6) is 0 Å². The summed E-state index contributed by atoms with van der Waals surface area (Å²) in [6.07, 6.45) is 0. The summed E-state index contributed by atoms with van der Waals surface area (Å²) in [4.78, 5) is 0. The third kappa shape index (κ3) is 5.09. The first-order chi connectivity index (χ1) is 30.6. The van der Waals surface area contributed by atoms with Gasteiger partial charge in [0.05, 0.1) is 11.0 Å². The Hall–Kier alpha value is -7.22. The topological polar surface area (TPSA) is 13.1 Å². The fourth-order valence-electron chi connectivity index (χ4n) is 8.29. The van der Waals surface area contributed by atoms with Crippen LogP contribution in [0.15, 0.2) is 210 Å². The van der Waals surface area contributed by atoms with Gasteiger partial charge < -0.3 is 4.42 Å². The van der Waals surface area contributed by atoms with Crippen molar-refractivity contribution in [2.45, 2.75) is 0 Å². The van der Waals surface area contributed by atoms with E-state index in [2.05, 4.69) is 24.3 Å². The summed E-state index contributed by atoms with van der Waals surface area (Å²) in [6.45, 7) is 0. The largest absolute Gasteiger partial charge is 0.456 e. The molecule has 0 amide bonds. The molecule has 11 rings (SSSR count). The lowest BCUT2D eigenvalue weighted by Crippen LogP contribution is -1.93. The quantitative estimate of drug-likeness (QED) is 0.162. The molecule has 256 valence electrons. The van der Waals surface area contributed by atoms with Crippen molar-refractivity contribution in [3.8, 4) is 55.6 Å². The average molecular weight is 707 g/mol. The number of hydrogen-bond acceptors (Lipinski definition) is 1. The van der Waals surface area contributed by atoms with Gasteiger partial charge in [0.25, 0.3) is 0 Å². The first kappa shape index (κ1) is 24.2. The summed E-state index contributed by atoms with van der Waals surface area (Å²) in [5.41, 5.74) is 8.74. The van der Waals surface area contributed by atoms with E-state index in [0.717, 1.165) is 60.5 Å². The molecule has 0 saturated carbocycles. The van der Waals surface area contributed by atoms with Crippen LogP contribution in [0.2, 0.25) is 0 Å². The fraction of sp³-hybridized carbons (Fsp3) is 0. The Bertz CT molecular complexity index is 3630. The molecule has 0 atom stereocenters. The van der Waals surface area contributed by atoms with Crippen LogP contribution in [-0.2, 0) is 0 Å². The van der Waals surface area contributed by atoms with Crippen LogP contribution < -0.4 is 0 Å². The van der Waals surface area contributed by atoms with E-state index in [1.165, 1.54) is 0 Å². The van der Waals surface area contributed by atoms with Gasteiger partial charge in [-0.25, -0.2) is 0 Å². The molecule has 0 aliphatic rings. The molecule has 0 spiro atoms. The second kappa shape index (κ2) is 12.7. The SMILES string of the molecule is [2H]c1c([2H])c([2H])c2c(-c3ccc(-c4ccccc4)c4ccccc34)c3c([2H])c([2H])c([2H])c([2H])c3c(-c3cccc(-c4cc(-c5ccccc5)c5c(c4)oc4ccccc45)c3)c2c1[2H]. The second-order valence-corrected chi connectivity index (χ2v) is 13.8. The molecule has 55 heavy (non-hydrogen) atoms. The van der Waals surface area contributed by atoms with Gasteiger partial charge in [-0.15, -0.1) is 0 Å². The zero-order chi connectivity index (χ0) is 43.3. The van der Waals surface area contributed by atoms with Crippen molar-refractivity contribution in [3.63, 3.8) is 0 Å². The lowest BCUT2D eigenvalue weighted by molar-refractivity contribution is 0.669. The minimum Gasteiger partial charge on any atom is -0.456 e. The normalized spacial score (nSPS) is 13.7. The maximum atomic E-state index is 9.57. The summed E-state index contributed by atoms with van der Waals surface area (Å²) in [6, 6.07) is 48.4. The van der Waals surface area contributed by atoms with Crippen LogP contribution in [0.3, 0.4) is 0 Å². The van der Waals surface area contributed by atoms with E-state index in [1.807, 2.05) is 133 Å². The van der Waals surface area contributed by atoms with Crippen molar-refractivity contribution >= 4 is 54.3 Å². The summed E-state index contributed by atoms with van der Waals surface area (Å²) < 4.78 is 80.7. The van der Waals surface area contributed by atoms with E-state index >= 15 is 0 Å². The fourth-order valence-corrected chi connectivity index (χ4v) is 8.29. The van der Waals surface area contributed by atoms with Crippen molar-refractivity contribution in [2.75, 3.05) is 0 Å². The Kier molecular flexibility index (Phi) is 5.59. The summed E-state index contributed by atoms with van der Waals surface area (Å²) >= 11 is 0. The summed E-state index contributed by atoms with van der Waals surface area (Å²) in [5, 5.41) is 4.32. The van der Waals surface area contributed by atoms with Gasteiger partial charge in [-0.2, -0.15) is 0 Å². The van der Waals surface area contributed by atoms with Crippen molar-refractivity contribution in [1.82, 2.24) is 0 Å². The molecule has 11 aromatic rings. The minimum absolute atomic E-state index is 0.166. The van der Waals surface area contributed by atoms with Crippen molar-refractivity contribution < 1.29 is 15.4 Å². The Labute approximate surface area is 330 Å². The zero-order valence-corrected chi connectivity index (χ0v) is 29.4. The molecule has 0 N–H and O–H groups in total. The number of fused-ring (bicyclic) bond motifs is 6. The molecule has 1 heterocycles. The number of para-hydroxylation sites is 1. The van der Waals surface area contributed by atoms with Crippen molar-refractivity contribution in [1.29, 1.82) is 0 Å². The van der Waals surface area contributed by atoms with Crippen LogP contribution >= 0.6 is 0 Å². The first-order valence-electron chi connectivity index (χ1n) is 22.3. The van der Waals surface area contributed by atoms with Crippen LogP contribution in [0.25, 0.3) is 110 Å². The van der Waals surface area contributed by atoms with Crippen LogP contribution in [0.1, 0.15) is 11.0 Å². The minimum atomic E-state index is -0.442. The Balaban J connectivity index is 1.26. The Morgan fingerprint density at radius 1 is 0.309 bits per heavy atom. The van der Waals surface area contributed by atoms with Crippen molar-refractivity contribution in [3.05, 3.63) is 206 Å². The number of benzene rings is 10. The molecule has 0 unspecified atom stereocenters. The van der Waals surface area contributed by atoms with Gasteiger partial charge in [0.2, 0.25) is 0 Å². The molecule has 0 aliphatic carbocycles. The van der Waals surface area contributed by atoms with Crippen LogP contribution in [0, 0.1) is 0 Å². The predicted molar refractivity (Wildman–Crippen MR) is 233 cm³/mol. The molecule has 0 bridgehead atoms. The molecular formula is C54H34O. The van der Waals surface area contributed by atoms with E-state index in [4.69, 9.17) is 9.90 Å². The number of furan rings is 1. The molecule has 0 saturated heterocycles. The zero-order valence-electron chi connectivity index (χ0n) is 37.4. The molecule has 10 aromatic carbocycles. The molecule has 0 fully saturated rings. The van der Waals surface area contributed by atoms with E-state index in [1.54, 1.807) is 0 Å². The standard InChI is InChI=1S/C54H34O/c1-3-16-35(17-4-1)40-30-31-47(42-23-8-7-22-41(40)42)53-45-26-11-9-24-43(45)52(44-25-10-12-27-46(44)53)38-21-15-20-37(32-38)39-33-49(36-18-5-2-6-19-36)54-48-28-13-14-29-50(48)55-51(54)34-39/h1-34H/i9D,10D,11D,12D,24D,25D,26D,27D. The molecule has 0 aliphatic heterocycles. The highest BCUT2D eigenvalue weighted by Gasteiger charge is 2.20. The number of hydrogen-bond donors (Lipinski definition) is 0. The maximum absolute atomic E-state index is 9.57. The molecule has 1 aromatic heterocycles. The highest BCUT2D eigenvalue weighted by Crippen LogP contribution is 2.47. The van der Waals surface area contributed by atoms with Crippen molar-refractivity contribution in [2.24, 2.45) is 0 Å². The third-order valence-electron chi connectivity index (χ3n) is 10.7. The summed E-state index contributed by atoms with van der Waals surface area (Å²) in [5.74, 6) is 0. The molecular weight excluding hydrogens is 665 g/mol. The molecule has 1 nitrogen and oxygen atoms in total. The van der Waals surface area contributed by atoms with Gasteiger partial charge in [0, 0.05) is 10.8 Å². The first-order valence-corrected chi connectivity index (χ1v) is 18.3. The van der Waals surface area contributed by atoms with Gasteiger partial charge >= 0.3 is 0 Å². The lowest BCUT2D eigenvalue weighted by Gasteiger charge is -2.20. The van der Waals surface area contributed by atoms with Gasteiger partial charge in [-0.05, 0) is 112 Å². The second-order valence-electron chi connectivity index (χ2n) is 13.8. The monoisotopic (exact) mass is 706 g/mol. The highest BCUT2D eigenvalue weighted by molar-refractivity contribution is 6.24. The maximum Gasteiger partial charge on any atom is 0.136 e.